The van der Waals surface area contributed by atoms with E-state index < -0.39 is 0 Å². The quantitative estimate of drug-likeness (QED) is 0.937. The summed E-state index contributed by atoms with van der Waals surface area (Å²) in [6, 6.07) is 1.90. The van der Waals surface area contributed by atoms with Crippen LogP contribution in [0.4, 0.5) is 5.13 Å². The summed E-state index contributed by atoms with van der Waals surface area (Å²) in [5, 5.41) is 7.74. The number of aryl methyl sites for hydroxylation is 2. The van der Waals surface area contributed by atoms with Crippen molar-refractivity contribution in [2.24, 2.45) is 0 Å². The summed E-state index contributed by atoms with van der Waals surface area (Å²) in [7, 11) is 0. The van der Waals surface area contributed by atoms with Crippen molar-refractivity contribution >= 4 is 22.4 Å². The number of rotatable bonds is 3. The summed E-state index contributed by atoms with van der Waals surface area (Å²) in [6.45, 7) is 4.00. The van der Waals surface area contributed by atoms with Gasteiger partial charge in [0.25, 0.3) is 5.91 Å². The van der Waals surface area contributed by atoms with Gasteiger partial charge >= 0.3 is 0 Å². The molecule has 3 rings (SSSR count). The van der Waals surface area contributed by atoms with Crippen LogP contribution in [0.25, 0.3) is 0 Å². The second-order valence-electron chi connectivity index (χ2n) is 4.95. The van der Waals surface area contributed by atoms with Gasteiger partial charge < -0.3 is 0 Å². The standard InChI is InChI=1S/C13H16N4OS/c1-8(2)17-10(6-7-14-17)12(18)16-13-15-9-4-3-5-11(9)19-13/h6-8H,3-5H2,1-2H3,(H,15,16,18). The Hall–Kier alpha value is -1.69. The van der Waals surface area contributed by atoms with Crippen LogP contribution in [0.2, 0.25) is 0 Å². The first kappa shape index (κ1) is 12.3. The van der Waals surface area contributed by atoms with Crippen LogP contribution in [-0.4, -0.2) is 20.7 Å². The Morgan fingerprint density at radius 1 is 1.47 bits per heavy atom. The first-order valence-electron chi connectivity index (χ1n) is 6.48. The van der Waals surface area contributed by atoms with Crippen LogP contribution in [0.1, 0.15) is 47.4 Å². The SMILES string of the molecule is CC(C)n1nccc1C(=O)Nc1nc2c(s1)CCC2. The summed E-state index contributed by atoms with van der Waals surface area (Å²) in [5.74, 6) is -0.140. The van der Waals surface area contributed by atoms with Crippen LogP contribution in [0.15, 0.2) is 12.3 Å². The Kier molecular flexibility index (Phi) is 3.10. The first-order chi connectivity index (χ1) is 9.15. The fraction of sp³-hybridized carbons (Fsp3) is 0.462. The normalized spacial score (nSPS) is 13.8. The van der Waals surface area contributed by atoms with Gasteiger partial charge in [0.05, 0.1) is 5.69 Å². The number of carbonyl (C=O) groups excluding carboxylic acids is 1. The molecule has 0 saturated carbocycles. The zero-order valence-electron chi connectivity index (χ0n) is 11.0. The van der Waals surface area contributed by atoms with E-state index in [1.165, 1.54) is 11.3 Å². The van der Waals surface area contributed by atoms with Gasteiger partial charge in [-0.15, -0.1) is 11.3 Å². The topological polar surface area (TPSA) is 59.8 Å². The van der Waals surface area contributed by atoms with Crippen LogP contribution < -0.4 is 5.32 Å². The lowest BCUT2D eigenvalue weighted by molar-refractivity contribution is 0.101. The minimum absolute atomic E-state index is 0.140. The fourth-order valence-corrected chi connectivity index (χ4v) is 3.36. The predicted molar refractivity (Wildman–Crippen MR) is 74.7 cm³/mol. The molecule has 0 spiro atoms. The Bertz CT molecular complexity index is 592. The number of nitrogens with one attached hydrogen (secondary N) is 1. The molecular formula is C13H16N4OS. The number of amides is 1. The summed E-state index contributed by atoms with van der Waals surface area (Å²) >= 11 is 1.59. The van der Waals surface area contributed by atoms with Crippen molar-refractivity contribution in [3.63, 3.8) is 0 Å². The average molecular weight is 276 g/mol. The minimum Gasteiger partial charge on any atom is -0.296 e. The number of nitrogens with zero attached hydrogens (tertiary/aromatic N) is 3. The van der Waals surface area contributed by atoms with E-state index in [1.807, 2.05) is 13.8 Å². The molecule has 0 aromatic carbocycles. The van der Waals surface area contributed by atoms with Gasteiger partial charge in [0, 0.05) is 17.1 Å². The highest BCUT2D eigenvalue weighted by atomic mass is 32.1. The zero-order valence-corrected chi connectivity index (χ0v) is 11.8. The third kappa shape index (κ3) is 2.28. The van der Waals surface area contributed by atoms with Crippen molar-refractivity contribution < 1.29 is 4.79 Å². The summed E-state index contributed by atoms with van der Waals surface area (Å²) in [5.41, 5.74) is 1.73. The molecule has 6 heteroatoms. The van der Waals surface area contributed by atoms with Crippen LogP contribution in [0.3, 0.4) is 0 Å². The lowest BCUT2D eigenvalue weighted by Gasteiger charge is -2.09. The van der Waals surface area contributed by atoms with Crippen molar-refractivity contribution in [3.8, 4) is 0 Å². The molecule has 1 amide bonds. The first-order valence-corrected chi connectivity index (χ1v) is 7.30. The Labute approximate surface area is 115 Å². The second-order valence-corrected chi connectivity index (χ2v) is 6.03. The van der Waals surface area contributed by atoms with E-state index in [1.54, 1.807) is 28.3 Å². The molecule has 2 aromatic heterocycles. The molecule has 1 N–H and O–H groups in total. The number of aromatic nitrogens is 3. The highest BCUT2D eigenvalue weighted by Crippen LogP contribution is 2.30. The van der Waals surface area contributed by atoms with Crippen molar-refractivity contribution in [1.29, 1.82) is 0 Å². The van der Waals surface area contributed by atoms with Gasteiger partial charge in [0.1, 0.15) is 5.69 Å². The molecule has 0 unspecified atom stereocenters. The number of anilines is 1. The molecule has 0 radical (unpaired) electrons. The van der Waals surface area contributed by atoms with Crippen molar-refractivity contribution in [2.45, 2.75) is 39.2 Å². The van der Waals surface area contributed by atoms with Crippen molar-refractivity contribution in [3.05, 3.63) is 28.5 Å². The van der Waals surface area contributed by atoms with Gasteiger partial charge in [-0.25, -0.2) is 4.98 Å². The maximum atomic E-state index is 12.2. The molecule has 0 aliphatic heterocycles. The third-order valence-corrected chi connectivity index (χ3v) is 4.28. The zero-order chi connectivity index (χ0) is 13.4. The van der Waals surface area contributed by atoms with E-state index in [4.69, 9.17) is 0 Å². The molecule has 5 nitrogen and oxygen atoms in total. The monoisotopic (exact) mass is 276 g/mol. The van der Waals surface area contributed by atoms with Crippen molar-refractivity contribution in [2.75, 3.05) is 5.32 Å². The lowest BCUT2D eigenvalue weighted by Crippen LogP contribution is -2.18. The molecule has 1 aliphatic rings. The van der Waals surface area contributed by atoms with Gasteiger partial charge in [0.15, 0.2) is 5.13 Å². The van der Waals surface area contributed by atoms with E-state index in [2.05, 4.69) is 15.4 Å². The smallest absolute Gasteiger partial charge is 0.275 e. The summed E-state index contributed by atoms with van der Waals surface area (Å²) in [6.07, 6.45) is 4.96. The second kappa shape index (κ2) is 4.77. The van der Waals surface area contributed by atoms with Crippen LogP contribution in [0.5, 0.6) is 0 Å². The third-order valence-electron chi connectivity index (χ3n) is 3.21. The summed E-state index contributed by atoms with van der Waals surface area (Å²) in [4.78, 5) is 18.0. The highest BCUT2D eigenvalue weighted by molar-refractivity contribution is 7.15. The van der Waals surface area contributed by atoms with Crippen molar-refractivity contribution in [1.82, 2.24) is 14.8 Å². The molecule has 0 bridgehead atoms. The van der Waals surface area contributed by atoms with Gasteiger partial charge in [-0.3, -0.25) is 14.8 Å². The molecule has 19 heavy (non-hydrogen) atoms. The molecule has 100 valence electrons. The molecule has 2 aromatic rings. The molecule has 2 heterocycles. The lowest BCUT2D eigenvalue weighted by atomic mass is 10.3. The van der Waals surface area contributed by atoms with Crippen LogP contribution in [-0.2, 0) is 12.8 Å². The van der Waals surface area contributed by atoms with E-state index in [-0.39, 0.29) is 11.9 Å². The number of thiazole rings is 1. The Morgan fingerprint density at radius 3 is 3.05 bits per heavy atom. The molecule has 1 aliphatic carbocycles. The number of carbonyl (C=O) groups is 1. The fourth-order valence-electron chi connectivity index (χ4n) is 2.31. The van der Waals surface area contributed by atoms with Gasteiger partial charge in [0.2, 0.25) is 0 Å². The van der Waals surface area contributed by atoms with Crippen LogP contribution >= 0.6 is 11.3 Å². The van der Waals surface area contributed by atoms with Gasteiger partial charge in [-0.05, 0) is 39.2 Å². The van der Waals surface area contributed by atoms with Crippen LogP contribution in [0, 0.1) is 0 Å². The molecular weight excluding hydrogens is 260 g/mol. The average Bonchev–Trinajstić information content (AvgIpc) is 3.01. The van der Waals surface area contributed by atoms with E-state index in [0.717, 1.165) is 18.5 Å². The highest BCUT2D eigenvalue weighted by Gasteiger charge is 2.19. The summed E-state index contributed by atoms with van der Waals surface area (Å²) < 4.78 is 1.72. The number of fused-ring (bicyclic) bond motifs is 1. The maximum absolute atomic E-state index is 12.2. The number of hydrogen-bond acceptors (Lipinski definition) is 4. The van der Waals surface area contributed by atoms with Gasteiger partial charge in [-0.1, -0.05) is 0 Å². The van der Waals surface area contributed by atoms with E-state index in [9.17, 15) is 4.79 Å². The molecule has 0 atom stereocenters. The predicted octanol–water partition coefficient (Wildman–Crippen LogP) is 2.66. The van der Waals surface area contributed by atoms with E-state index >= 15 is 0 Å². The molecule has 0 fully saturated rings. The molecule has 0 saturated heterocycles. The largest absolute Gasteiger partial charge is 0.296 e. The maximum Gasteiger partial charge on any atom is 0.275 e. The van der Waals surface area contributed by atoms with E-state index in [0.29, 0.717) is 10.8 Å². The minimum atomic E-state index is -0.140. The van der Waals surface area contributed by atoms with Gasteiger partial charge in [-0.2, -0.15) is 5.10 Å². The Balaban J connectivity index is 1.79. The number of hydrogen-bond donors (Lipinski definition) is 1. The Morgan fingerprint density at radius 2 is 2.32 bits per heavy atom.